The van der Waals surface area contributed by atoms with Crippen LogP contribution in [0.15, 0.2) is 6.33 Å². The lowest BCUT2D eigenvalue weighted by molar-refractivity contribution is 0.0684. The summed E-state index contributed by atoms with van der Waals surface area (Å²) in [5, 5.41) is 8.36. The maximum absolute atomic E-state index is 12.7. The van der Waals surface area contributed by atoms with Crippen molar-refractivity contribution in [2.45, 2.75) is 6.92 Å². The Hall–Kier alpha value is -1.52. The minimum Gasteiger partial charge on any atom is -0.476 e. The molecule has 0 fully saturated rings. The SMILES string of the molecule is Cc1ncnc(C(=O)O)c1F. The Morgan fingerprint density at radius 2 is 2.27 bits per heavy atom. The van der Waals surface area contributed by atoms with Crippen molar-refractivity contribution in [2.24, 2.45) is 0 Å². The van der Waals surface area contributed by atoms with Gasteiger partial charge < -0.3 is 5.11 Å². The summed E-state index contributed by atoms with van der Waals surface area (Å²) in [5.41, 5.74) is -0.546. The molecule has 4 nitrogen and oxygen atoms in total. The van der Waals surface area contributed by atoms with Gasteiger partial charge in [-0.2, -0.15) is 0 Å². The first-order chi connectivity index (χ1) is 5.13. The molecule has 1 aromatic heterocycles. The largest absolute Gasteiger partial charge is 0.476 e. The van der Waals surface area contributed by atoms with Gasteiger partial charge in [-0.05, 0) is 6.92 Å². The zero-order valence-corrected chi connectivity index (χ0v) is 5.71. The molecule has 0 bridgehead atoms. The fourth-order valence-corrected chi connectivity index (χ4v) is 0.607. The molecule has 1 rings (SSSR count). The van der Waals surface area contributed by atoms with Gasteiger partial charge in [-0.25, -0.2) is 19.2 Å². The molecule has 11 heavy (non-hydrogen) atoms. The van der Waals surface area contributed by atoms with Gasteiger partial charge in [0.2, 0.25) is 0 Å². The zero-order valence-electron chi connectivity index (χ0n) is 5.71. The average molecular weight is 156 g/mol. The molecule has 0 saturated carbocycles. The number of hydrogen-bond acceptors (Lipinski definition) is 3. The maximum atomic E-state index is 12.7. The molecular formula is C6H5FN2O2. The van der Waals surface area contributed by atoms with E-state index in [4.69, 9.17) is 5.11 Å². The molecule has 58 valence electrons. The van der Waals surface area contributed by atoms with Gasteiger partial charge in [0.25, 0.3) is 0 Å². The molecule has 1 N–H and O–H groups in total. The fourth-order valence-electron chi connectivity index (χ4n) is 0.607. The number of aromatic carboxylic acids is 1. The van der Waals surface area contributed by atoms with Gasteiger partial charge in [-0.1, -0.05) is 0 Å². The summed E-state index contributed by atoms with van der Waals surface area (Å²) in [6.07, 6.45) is 1.02. The molecule has 1 aromatic rings. The molecule has 0 aliphatic rings. The van der Waals surface area contributed by atoms with E-state index in [1.807, 2.05) is 0 Å². The Labute approximate surface area is 61.7 Å². The van der Waals surface area contributed by atoms with Crippen molar-refractivity contribution in [3.05, 3.63) is 23.5 Å². The fraction of sp³-hybridized carbons (Fsp3) is 0.167. The van der Waals surface area contributed by atoms with Crippen LogP contribution in [0, 0.1) is 12.7 Å². The second-order valence-corrected chi connectivity index (χ2v) is 1.93. The summed E-state index contributed by atoms with van der Waals surface area (Å²) in [7, 11) is 0. The molecule has 0 saturated heterocycles. The Morgan fingerprint density at radius 1 is 1.64 bits per heavy atom. The highest BCUT2D eigenvalue weighted by Crippen LogP contribution is 2.05. The predicted molar refractivity (Wildman–Crippen MR) is 33.7 cm³/mol. The van der Waals surface area contributed by atoms with Crippen molar-refractivity contribution in [1.29, 1.82) is 0 Å². The molecule has 0 spiro atoms. The van der Waals surface area contributed by atoms with Gasteiger partial charge in [0.05, 0.1) is 5.69 Å². The van der Waals surface area contributed by atoms with Gasteiger partial charge in [-0.15, -0.1) is 0 Å². The van der Waals surface area contributed by atoms with Crippen LogP contribution in [0.5, 0.6) is 0 Å². The van der Waals surface area contributed by atoms with Crippen molar-refractivity contribution < 1.29 is 14.3 Å². The Bertz CT molecular complexity index is 301. The number of carboxylic acid groups (broad SMARTS) is 1. The summed E-state index contributed by atoms with van der Waals surface area (Å²) in [4.78, 5) is 17.0. The quantitative estimate of drug-likeness (QED) is 0.647. The molecule has 0 atom stereocenters. The summed E-state index contributed by atoms with van der Waals surface area (Å²) in [6.45, 7) is 1.38. The smallest absolute Gasteiger partial charge is 0.357 e. The van der Waals surface area contributed by atoms with Crippen LogP contribution in [0.25, 0.3) is 0 Å². The number of rotatable bonds is 1. The highest BCUT2D eigenvalue weighted by molar-refractivity contribution is 5.85. The minimum absolute atomic E-state index is 0.0393. The third-order valence-corrected chi connectivity index (χ3v) is 1.17. The van der Waals surface area contributed by atoms with Crippen molar-refractivity contribution >= 4 is 5.97 Å². The first kappa shape index (κ1) is 7.59. The van der Waals surface area contributed by atoms with Crippen molar-refractivity contribution in [1.82, 2.24) is 9.97 Å². The number of hydrogen-bond donors (Lipinski definition) is 1. The third-order valence-electron chi connectivity index (χ3n) is 1.17. The molecule has 0 radical (unpaired) electrons. The monoisotopic (exact) mass is 156 g/mol. The molecule has 5 heteroatoms. The van der Waals surface area contributed by atoms with Crippen molar-refractivity contribution in [2.75, 3.05) is 0 Å². The molecule has 0 amide bonds. The second-order valence-electron chi connectivity index (χ2n) is 1.93. The first-order valence-corrected chi connectivity index (χ1v) is 2.83. The van der Waals surface area contributed by atoms with Crippen LogP contribution in [0.1, 0.15) is 16.2 Å². The topological polar surface area (TPSA) is 63.1 Å². The van der Waals surface area contributed by atoms with Crippen LogP contribution in [0.4, 0.5) is 4.39 Å². The zero-order chi connectivity index (χ0) is 8.43. The summed E-state index contributed by atoms with van der Waals surface area (Å²) in [5.74, 6) is -2.26. The number of nitrogens with zero attached hydrogens (tertiary/aromatic N) is 2. The van der Waals surface area contributed by atoms with E-state index in [1.54, 1.807) is 0 Å². The lowest BCUT2D eigenvalue weighted by atomic mass is 10.3. The van der Waals surface area contributed by atoms with E-state index in [0.29, 0.717) is 0 Å². The van der Waals surface area contributed by atoms with Gasteiger partial charge in [0.1, 0.15) is 6.33 Å². The molecule has 1 heterocycles. The van der Waals surface area contributed by atoms with Crippen LogP contribution >= 0.6 is 0 Å². The number of carboxylic acids is 1. The van der Waals surface area contributed by atoms with E-state index in [1.165, 1.54) is 6.92 Å². The lowest BCUT2D eigenvalue weighted by Crippen LogP contribution is -2.06. The van der Waals surface area contributed by atoms with E-state index in [9.17, 15) is 9.18 Å². The summed E-state index contributed by atoms with van der Waals surface area (Å²) < 4.78 is 12.7. The summed E-state index contributed by atoms with van der Waals surface area (Å²) >= 11 is 0. The van der Waals surface area contributed by atoms with E-state index < -0.39 is 17.5 Å². The van der Waals surface area contributed by atoms with Crippen LogP contribution in [0.2, 0.25) is 0 Å². The lowest BCUT2D eigenvalue weighted by Gasteiger charge is -1.96. The number of aromatic nitrogens is 2. The van der Waals surface area contributed by atoms with E-state index in [-0.39, 0.29) is 5.69 Å². The van der Waals surface area contributed by atoms with Crippen LogP contribution in [0.3, 0.4) is 0 Å². The Balaban J connectivity index is 3.27. The molecule has 0 aliphatic carbocycles. The van der Waals surface area contributed by atoms with Gasteiger partial charge in [0, 0.05) is 0 Å². The van der Waals surface area contributed by atoms with Gasteiger partial charge >= 0.3 is 5.97 Å². The van der Waals surface area contributed by atoms with Crippen LogP contribution in [-0.4, -0.2) is 21.0 Å². The first-order valence-electron chi connectivity index (χ1n) is 2.83. The predicted octanol–water partition coefficient (Wildman–Crippen LogP) is 0.622. The van der Waals surface area contributed by atoms with Crippen molar-refractivity contribution in [3.63, 3.8) is 0 Å². The molecule has 0 aromatic carbocycles. The molecule has 0 unspecified atom stereocenters. The third kappa shape index (κ3) is 1.31. The van der Waals surface area contributed by atoms with Gasteiger partial charge in [0.15, 0.2) is 11.5 Å². The molecular weight excluding hydrogens is 151 g/mol. The van der Waals surface area contributed by atoms with E-state index in [2.05, 4.69) is 9.97 Å². The van der Waals surface area contributed by atoms with E-state index in [0.717, 1.165) is 6.33 Å². The Kier molecular flexibility index (Phi) is 1.80. The second kappa shape index (κ2) is 2.61. The maximum Gasteiger partial charge on any atom is 0.357 e. The van der Waals surface area contributed by atoms with Crippen LogP contribution < -0.4 is 0 Å². The minimum atomic E-state index is -1.38. The summed E-state index contributed by atoms with van der Waals surface area (Å²) in [6, 6.07) is 0. The van der Waals surface area contributed by atoms with Crippen LogP contribution in [-0.2, 0) is 0 Å². The van der Waals surface area contributed by atoms with E-state index >= 15 is 0 Å². The standard InChI is InChI=1S/C6H5FN2O2/c1-3-4(7)5(6(10)11)9-2-8-3/h2H,1H3,(H,10,11). The number of aryl methyl sites for hydroxylation is 1. The van der Waals surface area contributed by atoms with Gasteiger partial charge in [-0.3, -0.25) is 0 Å². The molecule has 0 aliphatic heterocycles. The highest BCUT2D eigenvalue weighted by Gasteiger charge is 2.13. The Morgan fingerprint density at radius 3 is 2.73 bits per heavy atom. The van der Waals surface area contributed by atoms with Crippen molar-refractivity contribution in [3.8, 4) is 0 Å². The average Bonchev–Trinajstić information content (AvgIpc) is 1.94. The number of carbonyl (C=O) groups is 1. The number of halogens is 1. The highest BCUT2D eigenvalue weighted by atomic mass is 19.1. The normalized spacial score (nSPS) is 9.64.